The molecule has 0 spiro atoms. The van der Waals surface area contributed by atoms with E-state index in [4.69, 9.17) is 9.47 Å². The first-order valence-corrected chi connectivity index (χ1v) is 8.36. The second-order valence-electron chi connectivity index (χ2n) is 6.22. The van der Waals surface area contributed by atoms with Crippen LogP contribution in [0.4, 0.5) is 0 Å². The molecule has 2 fully saturated rings. The first-order chi connectivity index (χ1) is 10.8. The molecule has 2 saturated carbocycles. The van der Waals surface area contributed by atoms with Crippen LogP contribution in [0.3, 0.4) is 0 Å². The summed E-state index contributed by atoms with van der Waals surface area (Å²) in [5.74, 6) is 1.67. The van der Waals surface area contributed by atoms with Gasteiger partial charge in [0.2, 0.25) is 5.91 Å². The molecule has 0 radical (unpaired) electrons. The number of hydrogen-bond acceptors (Lipinski definition) is 3. The number of rotatable bonds is 7. The van der Waals surface area contributed by atoms with Crippen LogP contribution in [0.5, 0.6) is 11.5 Å². The Hall–Kier alpha value is -1.71. The van der Waals surface area contributed by atoms with E-state index in [0.29, 0.717) is 36.6 Å². The fourth-order valence-corrected chi connectivity index (χ4v) is 3.36. The Bertz CT molecular complexity index is 507. The maximum absolute atomic E-state index is 12.6. The molecule has 0 N–H and O–H groups in total. The Kier molecular flexibility index (Phi) is 4.86. The monoisotopic (exact) mass is 303 g/mol. The zero-order chi connectivity index (χ0) is 15.4. The van der Waals surface area contributed by atoms with Gasteiger partial charge in [-0.05, 0) is 37.8 Å². The molecule has 0 unspecified atom stereocenters. The lowest BCUT2D eigenvalue weighted by Gasteiger charge is -2.29. The van der Waals surface area contributed by atoms with Crippen LogP contribution in [0.2, 0.25) is 0 Å². The molecule has 1 amide bonds. The molecule has 0 heterocycles. The average Bonchev–Trinajstić information content (AvgIpc) is 3.22. The predicted molar refractivity (Wildman–Crippen MR) is 85.2 cm³/mol. The third kappa shape index (κ3) is 3.54. The molecule has 1 aromatic carbocycles. The quantitative estimate of drug-likeness (QED) is 0.775. The Balaban J connectivity index is 1.52. The van der Waals surface area contributed by atoms with Crippen LogP contribution in [0.15, 0.2) is 24.3 Å². The zero-order valence-corrected chi connectivity index (χ0v) is 13.3. The number of ether oxygens (including phenoxy) is 2. The van der Waals surface area contributed by atoms with Crippen molar-refractivity contribution in [1.29, 1.82) is 0 Å². The summed E-state index contributed by atoms with van der Waals surface area (Å²) in [6.45, 7) is 0.412. The fraction of sp³-hybridized carbons (Fsp3) is 0.611. The van der Waals surface area contributed by atoms with E-state index in [9.17, 15) is 4.79 Å². The van der Waals surface area contributed by atoms with Crippen molar-refractivity contribution >= 4 is 5.91 Å². The largest absolute Gasteiger partial charge is 0.493 e. The first-order valence-electron chi connectivity index (χ1n) is 8.36. The van der Waals surface area contributed by atoms with Crippen molar-refractivity contribution in [2.45, 2.75) is 57.0 Å². The van der Waals surface area contributed by atoms with Crippen LogP contribution in [-0.2, 0) is 4.79 Å². The topological polar surface area (TPSA) is 38.8 Å². The Labute approximate surface area is 132 Å². The van der Waals surface area contributed by atoms with E-state index >= 15 is 0 Å². The Morgan fingerprint density at radius 2 is 1.73 bits per heavy atom. The Morgan fingerprint density at radius 3 is 2.36 bits per heavy atom. The van der Waals surface area contributed by atoms with Crippen molar-refractivity contribution in [3.63, 3.8) is 0 Å². The van der Waals surface area contributed by atoms with Crippen LogP contribution >= 0.6 is 0 Å². The number of amides is 1. The molecule has 0 aromatic heterocycles. The van der Waals surface area contributed by atoms with Crippen molar-refractivity contribution in [2.75, 3.05) is 13.7 Å². The summed E-state index contributed by atoms with van der Waals surface area (Å²) in [7, 11) is 1.63. The second kappa shape index (κ2) is 7.03. The molecule has 120 valence electrons. The molecule has 2 aliphatic rings. The van der Waals surface area contributed by atoms with Crippen molar-refractivity contribution in [3.05, 3.63) is 24.3 Å². The van der Waals surface area contributed by atoms with Gasteiger partial charge in [-0.15, -0.1) is 0 Å². The smallest absolute Gasteiger partial charge is 0.226 e. The maximum atomic E-state index is 12.6. The number of benzene rings is 1. The summed E-state index contributed by atoms with van der Waals surface area (Å²) in [6.07, 6.45) is 7.68. The van der Waals surface area contributed by atoms with Gasteiger partial charge in [-0.25, -0.2) is 0 Å². The van der Waals surface area contributed by atoms with Gasteiger partial charge in [-0.1, -0.05) is 25.0 Å². The maximum Gasteiger partial charge on any atom is 0.226 e. The average molecular weight is 303 g/mol. The lowest BCUT2D eigenvalue weighted by molar-refractivity contribution is -0.134. The molecule has 4 nitrogen and oxygen atoms in total. The number of carbonyl (C=O) groups is 1. The SMILES string of the molecule is COc1ccccc1OCCC(=O)N(C1CCCC1)C1CC1. The van der Waals surface area contributed by atoms with E-state index in [2.05, 4.69) is 4.90 Å². The highest BCUT2D eigenvalue weighted by Crippen LogP contribution is 2.35. The van der Waals surface area contributed by atoms with E-state index in [1.165, 1.54) is 38.5 Å². The summed E-state index contributed by atoms with van der Waals surface area (Å²) in [5, 5.41) is 0. The summed E-state index contributed by atoms with van der Waals surface area (Å²) >= 11 is 0. The predicted octanol–water partition coefficient (Wildman–Crippen LogP) is 3.40. The molecule has 1 aromatic rings. The highest BCUT2D eigenvalue weighted by atomic mass is 16.5. The fourth-order valence-electron chi connectivity index (χ4n) is 3.36. The number of para-hydroxylation sites is 2. The molecule has 0 saturated heterocycles. The van der Waals surface area contributed by atoms with E-state index in [-0.39, 0.29) is 5.91 Å². The van der Waals surface area contributed by atoms with Gasteiger partial charge in [-0.2, -0.15) is 0 Å². The number of carbonyl (C=O) groups excluding carboxylic acids is 1. The minimum atomic E-state index is 0.254. The van der Waals surface area contributed by atoms with Crippen molar-refractivity contribution in [2.24, 2.45) is 0 Å². The summed E-state index contributed by atoms with van der Waals surface area (Å²) in [4.78, 5) is 14.7. The van der Waals surface area contributed by atoms with Crippen molar-refractivity contribution in [3.8, 4) is 11.5 Å². The Morgan fingerprint density at radius 1 is 1.09 bits per heavy atom. The van der Waals surface area contributed by atoms with Gasteiger partial charge in [0.25, 0.3) is 0 Å². The van der Waals surface area contributed by atoms with Crippen molar-refractivity contribution < 1.29 is 14.3 Å². The van der Waals surface area contributed by atoms with Crippen LogP contribution < -0.4 is 9.47 Å². The standard InChI is InChI=1S/C18H25NO3/c1-21-16-8-4-5-9-17(16)22-13-12-18(20)19(15-10-11-15)14-6-2-3-7-14/h4-5,8-9,14-15H,2-3,6-7,10-13H2,1H3. The third-order valence-corrected chi connectivity index (χ3v) is 4.59. The lowest BCUT2D eigenvalue weighted by Crippen LogP contribution is -2.41. The molecule has 3 rings (SSSR count). The summed E-state index contributed by atoms with van der Waals surface area (Å²) < 4.78 is 11.0. The summed E-state index contributed by atoms with van der Waals surface area (Å²) in [5.41, 5.74) is 0. The molecule has 4 heteroatoms. The highest BCUT2D eigenvalue weighted by molar-refractivity contribution is 5.77. The van der Waals surface area contributed by atoms with Gasteiger partial charge in [0.1, 0.15) is 0 Å². The number of nitrogens with zero attached hydrogens (tertiary/aromatic N) is 1. The molecule has 2 aliphatic carbocycles. The van der Waals surface area contributed by atoms with Crippen molar-refractivity contribution in [1.82, 2.24) is 4.90 Å². The normalized spacial score (nSPS) is 18.2. The van der Waals surface area contributed by atoms with Crippen LogP contribution in [0.1, 0.15) is 44.9 Å². The molecule has 0 bridgehead atoms. The highest BCUT2D eigenvalue weighted by Gasteiger charge is 2.37. The molecule has 22 heavy (non-hydrogen) atoms. The zero-order valence-electron chi connectivity index (χ0n) is 13.3. The summed E-state index contributed by atoms with van der Waals surface area (Å²) in [6, 6.07) is 8.54. The van der Waals surface area contributed by atoms with E-state index < -0.39 is 0 Å². The number of hydrogen-bond donors (Lipinski definition) is 0. The van der Waals surface area contributed by atoms with Crippen LogP contribution in [0, 0.1) is 0 Å². The van der Waals surface area contributed by atoms with E-state index in [1.54, 1.807) is 7.11 Å². The molecule has 0 aliphatic heterocycles. The lowest BCUT2D eigenvalue weighted by atomic mass is 10.2. The van der Waals surface area contributed by atoms with Crippen LogP contribution in [-0.4, -0.2) is 36.6 Å². The molecular weight excluding hydrogens is 278 g/mol. The molecular formula is C18H25NO3. The first kappa shape index (κ1) is 15.2. The molecule has 0 atom stereocenters. The van der Waals surface area contributed by atoms with Gasteiger partial charge < -0.3 is 14.4 Å². The van der Waals surface area contributed by atoms with Gasteiger partial charge in [0.15, 0.2) is 11.5 Å². The minimum Gasteiger partial charge on any atom is -0.493 e. The number of methoxy groups -OCH3 is 1. The van der Waals surface area contributed by atoms with Gasteiger partial charge in [0, 0.05) is 12.1 Å². The van der Waals surface area contributed by atoms with Crippen LogP contribution in [0.25, 0.3) is 0 Å². The van der Waals surface area contributed by atoms with Gasteiger partial charge >= 0.3 is 0 Å². The van der Waals surface area contributed by atoms with Gasteiger partial charge in [-0.3, -0.25) is 4.79 Å². The third-order valence-electron chi connectivity index (χ3n) is 4.59. The second-order valence-corrected chi connectivity index (χ2v) is 6.22. The van der Waals surface area contributed by atoms with E-state index in [0.717, 1.165) is 0 Å². The van der Waals surface area contributed by atoms with Gasteiger partial charge in [0.05, 0.1) is 20.1 Å². The minimum absolute atomic E-state index is 0.254. The van der Waals surface area contributed by atoms with E-state index in [1.807, 2.05) is 24.3 Å².